The lowest BCUT2D eigenvalue weighted by Crippen LogP contribution is -2.28. The van der Waals surface area contributed by atoms with Gasteiger partial charge in [0.25, 0.3) is 5.91 Å². The SMILES string of the molecule is CC(C)(C)C1CCc2c(C(=O)NCc3ccc4c(c3)OCO4)csc2C1. The van der Waals surface area contributed by atoms with Crippen molar-refractivity contribution < 1.29 is 14.3 Å². The van der Waals surface area contributed by atoms with Crippen LogP contribution < -0.4 is 14.8 Å². The molecule has 1 aliphatic heterocycles. The second-order valence-corrected chi connectivity index (χ2v) is 9.19. The van der Waals surface area contributed by atoms with Gasteiger partial charge in [-0.25, -0.2) is 0 Å². The molecule has 4 rings (SSSR count). The molecule has 1 aromatic carbocycles. The molecule has 2 heterocycles. The Labute approximate surface area is 158 Å². The quantitative estimate of drug-likeness (QED) is 0.860. The fourth-order valence-electron chi connectivity index (χ4n) is 3.77. The number of carbonyl (C=O) groups excluding carboxylic acids is 1. The zero-order valence-electron chi connectivity index (χ0n) is 15.6. The molecule has 1 unspecified atom stereocenters. The molecule has 1 amide bonds. The topological polar surface area (TPSA) is 47.6 Å². The first kappa shape index (κ1) is 17.4. The zero-order valence-corrected chi connectivity index (χ0v) is 16.4. The molecule has 5 heteroatoms. The van der Waals surface area contributed by atoms with Crippen LogP contribution in [0.5, 0.6) is 11.5 Å². The van der Waals surface area contributed by atoms with Crippen molar-refractivity contribution in [2.45, 2.75) is 46.6 Å². The summed E-state index contributed by atoms with van der Waals surface area (Å²) < 4.78 is 10.7. The molecular formula is C21H25NO3S. The highest BCUT2D eigenvalue weighted by atomic mass is 32.1. The van der Waals surface area contributed by atoms with Gasteiger partial charge in [0.2, 0.25) is 6.79 Å². The number of thiophene rings is 1. The fraction of sp³-hybridized carbons (Fsp3) is 0.476. The summed E-state index contributed by atoms with van der Waals surface area (Å²) in [7, 11) is 0. The van der Waals surface area contributed by atoms with Crippen LogP contribution in [-0.2, 0) is 19.4 Å². The van der Waals surface area contributed by atoms with E-state index in [-0.39, 0.29) is 12.7 Å². The number of nitrogens with one attached hydrogen (secondary N) is 1. The highest BCUT2D eigenvalue weighted by Gasteiger charge is 2.31. The molecule has 2 aromatic rings. The average Bonchev–Trinajstić information content (AvgIpc) is 3.24. The van der Waals surface area contributed by atoms with Gasteiger partial charge < -0.3 is 14.8 Å². The molecule has 1 aliphatic carbocycles. The monoisotopic (exact) mass is 371 g/mol. The lowest BCUT2D eigenvalue weighted by atomic mass is 9.72. The Hall–Kier alpha value is -2.01. The van der Waals surface area contributed by atoms with E-state index in [9.17, 15) is 4.79 Å². The Balaban J connectivity index is 1.43. The van der Waals surface area contributed by atoms with Crippen LogP contribution >= 0.6 is 11.3 Å². The highest BCUT2D eigenvalue weighted by molar-refractivity contribution is 7.10. The van der Waals surface area contributed by atoms with Crippen molar-refractivity contribution in [1.82, 2.24) is 5.32 Å². The van der Waals surface area contributed by atoms with E-state index in [4.69, 9.17) is 9.47 Å². The smallest absolute Gasteiger partial charge is 0.252 e. The van der Waals surface area contributed by atoms with Gasteiger partial charge in [-0.1, -0.05) is 26.8 Å². The summed E-state index contributed by atoms with van der Waals surface area (Å²) in [5.41, 5.74) is 3.46. The van der Waals surface area contributed by atoms with Crippen LogP contribution in [0.2, 0.25) is 0 Å². The van der Waals surface area contributed by atoms with Crippen LogP contribution in [0.4, 0.5) is 0 Å². The first-order valence-electron chi connectivity index (χ1n) is 9.18. The Bertz CT molecular complexity index is 834. The first-order valence-corrected chi connectivity index (χ1v) is 10.1. The first-order chi connectivity index (χ1) is 12.4. The standard InChI is InChI=1S/C21H25NO3S/c1-21(2,3)14-5-6-15-16(11-26-19(15)9-14)20(23)22-10-13-4-7-17-18(8-13)25-12-24-17/h4,7-8,11,14H,5-6,9-10,12H2,1-3H3,(H,22,23). The molecule has 4 nitrogen and oxygen atoms in total. The number of hydrogen-bond donors (Lipinski definition) is 1. The molecule has 0 saturated heterocycles. The summed E-state index contributed by atoms with van der Waals surface area (Å²) in [5.74, 6) is 2.23. The molecule has 0 spiro atoms. The Morgan fingerprint density at radius 3 is 2.88 bits per heavy atom. The number of amides is 1. The van der Waals surface area contributed by atoms with E-state index < -0.39 is 0 Å². The fourth-order valence-corrected chi connectivity index (χ4v) is 4.93. The number of rotatable bonds is 3. The lowest BCUT2D eigenvalue weighted by Gasteiger charge is -2.34. The van der Waals surface area contributed by atoms with Gasteiger partial charge in [0.1, 0.15) is 0 Å². The third-order valence-electron chi connectivity index (χ3n) is 5.51. The van der Waals surface area contributed by atoms with Gasteiger partial charge in [-0.05, 0) is 53.9 Å². The Morgan fingerprint density at radius 1 is 1.27 bits per heavy atom. The number of ether oxygens (including phenoxy) is 2. The number of fused-ring (bicyclic) bond motifs is 2. The van der Waals surface area contributed by atoms with Crippen molar-refractivity contribution in [3.63, 3.8) is 0 Å². The average molecular weight is 372 g/mol. The van der Waals surface area contributed by atoms with Crippen LogP contribution in [0.25, 0.3) is 0 Å². The second-order valence-electron chi connectivity index (χ2n) is 8.23. The molecule has 1 aromatic heterocycles. The summed E-state index contributed by atoms with van der Waals surface area (Å²) in [6.07, 6.45) is 3.27. The van der Waals surface area contributed by atoms with Crippen molar-refractivity contribution in [3.8, 4) is 11.5 Å². The van der Waals surface area contributed by atoms with E-state index in [1.807, 2.05) is 23.6 Å². The van der Waals surface area contributed by atoms with Crippen LogP contribution in [0, 0.1) is 11.3 Å². The maximum atomic E-state index is 12.7. The van der Waals surface area contributed by atoms with Gasteiger partial charge in [0.05, 0.1) is 5.56 Å². The number of carbonyl (C=O) groups is 1. The van der Waals surface area contributed by atoms with Gasteiger partial charge in [-0.3, -0.25) is 4.79 Å². The third kappa shape index (κ3) is 3.32. The van der Waals surface area contributed by atoms with Crippen LogP contribution in [0.1, 0.15) is 53.6 Å². The predicted molar refractivity (Wildman–Crippen MR) is 103 cm³/mol. The summed E-state index contributed by atoms with van der Waals surface area (Å²) in [4.78, 5) is 14.1. The largest absolute Gasteiger partial charge is 0.454 e. The van der Waals surface area contributed by atoms with Crippen molar-refractivity contribution in [3.05, 3.63) is 45.1 Å². The molecule has 138 valence electrons. The van der Waals surface area contributed by atoms with Gasteiger partial charge in [0, 0.05) is 16.8 Å². The van der Waals surface area contributed by atoms with Gasteiger partial charge in [0.15, 0.2) is 11.5 Å². The zero-order chi connectivity index (χ0) is 18.3. The molecule has 1 atom stereocenters. The predicted octanol–water partition coefficient (Wildman–Crippen LogP) is 4.56. The molecule has 0 radical (unpaired) electrons. The second kappa shape index (κ2) is 6.62. The van der Waals surface area contributed by atoms with Gasteiger partial charge >= 0.3 is 0 Å². The van der Waals surface area contributed by atoms with Crippen molar-refractivity contribution in [2.24, 2.45) is 11.3 Å². The third-order valence-corrected chi connectivity index (χ3v) is 6.57. The molecule has 2 aliphatic rings. The molecule has 1 N–H and O–H groups in total. The summed E-state index contributed by atoms with van der Waals surface area (Å²) >= 11 is 1.74. The minimum absolute atomic E-state index is 0.0226. The van der Waals surface area contributed by atoms with Crippen molar-refractivity contribution in [2.75, 3.05) is 6.79 Å². The Kier molecular flexibility index (Phi) is 4.43. The van der Waals surface area contributed by atoms with Crippen molar-refractivity contribution in [1.29, 1.82) is 0 Å². The Morgan fingerprint density at radius 2 is 2.08 bits per heavy atom. The molecule has 26 heavy (non-hydrogen) atoms. The molecular weight excluding hydrogens is 346 g/mol. The normalized spacial score (nSPS) is 18.5. The lowest BCUT2D eigenvalue weighted by molar-refractivity contribution is 0.0949. The molecule has 0 saturated carbocycles. The van der Waals surface area contributed by atoms with E-state index in [0.29, 0.717) is 17.9 Å². The van der Waals surface area contributed by atoms with E-state index in [2.05, 4.69) is 26.1 Å². The molecule has 0 bridgehead atoms. The van der Waals surface area contributed by atoms with E-state index in [0.717, 1.165) is 41.9 Å². The van der Waals surface area contributed by atoms with Gasteiger partial charge in [-0.15, -0.1) is 11.3 Å². The van der Waals surface area contributed by atoms with E-state index in [1.165, 1.54) is 10.4 Å². The number of benzene rings is 1. The minimum Gasteiger partial charge on any atom is -0.454 e. The van der Waals surface area contributed by atoms with Crippen LogP contribution in [-0.4, -0.2) is 12.7 Å². The highest BCUT2D eigenvalue weighted by Crippen LogP contribution is 2.40. The minimum atomic E-state index is 0.0226. The summed E-state index contributed by atoms with van der Waals surface area (Å²) in [6, 6.07) is 5.79. The van der Waals surface area contributed by atoms with E-state index in [1.54, 1.807) is 11.3 Å². The summed E-state index contributed by atoms with van der Waals surface area (Å²) in [6.45, 7) is 7.70. The maximum absolute atomic E-state index is 12.7. The number of hydrogen-bond acceptors (Lipinski definition) is 4. The van der Waals surface area contributed by atoms with Crippen molar-refractivity contribution >= 4 is 17.2 Å². The molecule has 0 fully saturated rings. The van der Waals surface area contributed by atoms with Gasteiger partial charge in [-0.2, -0.15) is 0 Å². The maximum Gasteiger partial charge on any atom is 0.252 e. The van der Waals surface area contributed by atoms with Crippen LogP contribution in [0.15, 0.2) is 23.6 Å². The summed E-state index contributed by atoms with van der Waals surface area (Å²) in [5, 5.41) is 5.09. The van der Waals surface area contributed by atoms with Crippen LogP contribution in [0.3, 0.4) is 0 Å². The van der Waals surface area contributed by atoms with E-state index >= 15 is 0 Å².